The molecule has 7 heteroatoms. The van der Waals surface area contributed by atoms with Crippen molar-refractivity contribution in [3.05, 3.63) is 11.3 Å². The molecule has 2 aliphatic heterocycles. The molecule has 2 aliphatic rings. The van der Waals surface area contributed by atoms with Crippen molar-refractivity contribution in [3.63, 3.8) is 0 Å². The first-order chi connectivity index (χ1) is 10.1. The second-order valence-electron chi connectivity index (χ2n) is 5.47. The van der Waals surface area contributed by atoms with Crippen molar-refractivity contribution >= 4 is 12.0 Å². The Morgan fingerprint density at radius 3 is 2.95 bits per heavy atom. The molecule has 2 rings (SSSR count). The van der Waals surface area contributed by atoms with Crippen LogP contribution in [0, 0.1) is 5.92 Å². The van der Waals surface area contributed by atoms with Gasteiger partial charge in [0, 0.05) is 18.3 Å². The van der Waals surface area contributed by atoms with E-state index in [-0.39, 0.29) is 25.2 Å². The summed E-state index contributed by atoms with van der Waals surface area (Å²) in [6, 6.07) is -0.251. The number of hydrogen-bond donors (Lipinski definition) is 3. The molecule has 2 atom stereocenters. The number of nitrogens with one attached hydrogen (secondary N) is 2. The van der Waals surface area contributed by atoms with Crippen molar-refractivity contribution in [2.45, 2.75) is 26.3 Å². The predicted molar refractivity (Wildman–Crippen MR) is 76.4 cm³/mol. The number of likely N-dealkylation sites (tertiary alicyclic amines) is 1. The lowest BCUT2D eigenvalue weighted by Gasteiger charge is -2.29. The number of nitrogens with zero attached hydrogens (tertiary/aromatic N) is 1. The van der Waals surface area contributed by atoms with E-state index in [4.69, 9.17) is 4.74 Å². The number of ether oxygens (including phenoxy) is 1. The number of esters is 1. The summed E-state index contributed by atoms with van der Waals surface area (Å²) in [7, 11) is 0. The number of aliphatic hydroxyl groups is 1. The molecule has 21 heavy (non-hydrogen) atoms. The van der Waals surface area contributed by atoms with E-state index in [0.717, 1.165) is 13.0 Å². The number of hydrogen-bond acceptors (Lipinski definition) is 5. The van der Waals surface area contributed by atoms with Crippen molar-refractivity contribution in [1.82, 2.24) is 15.5 Å². The maximum Gasteiger partial charge on any atom is 0.337 e. The molecule has 0 aromatic heterocycles. The van der Waals surface area contributed by atoms with Gasteiger partial charge in [0.25, 0.3) is 0 Å². The predicted octanol–water partition coefficient (Wildman–Crippen LogP) is -0.181. The average Bonchev–Trinajstić information content (AvgIpc) is 2.79. The smallest absolute Gasteiger partial charge is 0.337 e. The van der Waals surface area contributed by atoms with Crippen LogP contribution in [0.4, 0.5) is 4.79 Å². The Hall–Kier alpha value is -1.60. The summed E-state index contributed by atoms with van der Waals surface area (Å²) in [5.74, 6) is -0.00754. The van der Waals surface area contributed by atoms with Crippen LogP contribution >= 0.6 is 0 Å². The largest absolute Gasteiger partial charge is 0.463 e. The fourth-order valence-electron chi connectivity index (χ4n) is 2.86. The lowest BCUT2D eigenvalue weighted by molar-refractivity contribution is -0.138. The minimum Gasteiger partial charge on any atom is -0.463 e. The minimum absolute atomic E-state index is 0.0627. The van der Waals surface area contributed by atoms with Gasteiger partial charge in [0.05, 0.1) is 25.3 Å². The molecule has 1 saturated heterocycles. The highest BCUT2D eigenvalue weighted by molar-refractivity contribution is 5.93. The highest BCUT2D eigenvalue weighted by atomic mass is 16.5. The number of urea groups is 1. The van der Waals surface area contributed by atoms with Crippen LogP contribution in [0.1, 0.15) is 20.3 Å². The van der Waals surface area contributed by atoms with Gasteiger partial charge in [-0.3, -0.25) is 4.90 Å². The molecule has 7 nitrogen and oxygen atoms in total. The van der Waals surface area contributed by atoms with Crippen LogP contribution < -0.4 is 10.6 Å². The van der Waals surface area contributed by atoms with Crippen LogP contribution in [0.2, 0.25) is 0 Å². The van der Waals surface area contributed by atoms with Gasteiger partial charge in [0.15, 0.2) is 0 Å². The maximum atomic E-state index is 12.0. The molecule has 2 heterocycles. The second kappa shape index (κ2) is 6.91. The zero-order valence-corrected chi connectivity index (χ0v) is 12.5. The van der Waals surface area contributed by atoms with Crippen LogP contribution in [0.15, 0.2) is 11.3 Å². The van der Waals surface area contributed by atoms with Gasteiger partial charge in [-0.25, -0.2) is 9.59 Å². The molecular formula is C14H23N3O4. The Balaban J connectivity index is 2.16. The molecule has 0 aliphatic carbocycles. The third-order valence-electron chi connectivity index (χ3n) is 4.12. The van der Waals surface area contributed by atoms with E-state index in [1.807, 2.05) is 0 Å². The summed E-state index contributed by atoms with van der Waals surface area (Å²) in [5.41, 5.74) is 1.03. The van der Waals surface area contributed by atoms with Gasteiger partial charge >= 0.3 is 12.0 Å². The standard InChI is InChI=1S/C14H23N3O4/c1-3-21-13(19)10-6-15-14(20)16-11(10)7-17-5-4-9(2)12(17)8-18/h9,12,18H,3-8H2,1-2H3,(H2,15,16,20). The Morgan fingerprint density at radius 2 is 2.29 bits per heavy atom. The van der Waals surface area contributed by atoms with Crippen LogP contribution in [-0.2, 0) is 9.53 Å². The van der Waals surface area contributed by atoms with Gasteiger partial charge in [-0.2, -0.15) is 0 Å². The number of carbonyl (C=O) groups is 2. The first kappa shape index (κ1) is 15.8. The van der Waals surface area contributed by atoms with Gasteiger partial charge in [0.2, 0.25) is 0 Å². The Bertz CT molecular complexity index is 450. The highest BCUT2D eigenvalue weighted by Crippen LogP contribution is 2.24. The van der Waals surface area contributed by atoms with Crippen LogP contribution in [0.5, 0.6) is 0 Å². The van der Waals surface area contributed by atoms with Crippen molar-refractivity contribution in [1.29, 1.82) is 0 Å². The van der Waals surface area contributed by atoms with Crippen LogP contribution in [-0.4, -0.2) is 60.9 Å². The highest BCUT2D eigenvalue weighted by Gasteiger charge is 2.33. The molecule has 2 amide bonds. The number of amides is 2. The lowest BCUT2D eigenvalue weighted by Crippen LogP contribution is -2.48. The van der Waals surface area contributed by atoms with E-state index in [2.05, 4.69) is 22.5 Å². The summed E-state index contributed by atoms with van der Waals surface area (Å²) in [4.78, 5) is 25.6. The molecule has 2 unspecified atom stereocenters. The lowest BCUT2D eigenvalue weighted by atomic mass is 10.0. The molecular weight excluding hydrogens is 274 g/mol. The van der Waals surface area contributed by atoms with Crippen LogP contribution in [0.3, 0.4) is 0 Å². The summed E-state index contributed by atoms with van der Waals surface area (Å²) in [6.07, 6.45) is 0.999. The maximum absolute atomic E-state index is 12.0. The summed E-state index contributed by atoms with van der Waals surface area (Å²) in [6.45, 7) is 5.68. The SMILES string of the molecule is CCOC(=O)C1=C(CN2CCC(C)C2CO)NC(=O)NC1. The van der Waals surface area contributed by atoms with E-state index < -0.39 is 5.97 Å². The van der Waals surface area contributed by atoms with Crippen molar-refractivity contribution in [2.75, 3.05) is 32.8 Å². The van der Waals surface area contributed by atoms with Gasteiger partial charge in [-0.05, 0) is 25.8 Å². The monoisotopic (exact) mass is 297 g/mol. The molecule has 0 bridgehead atoms. The molecule has 118 valence electrons. The zero-order chi connectivity index (χ0) is 15.4. The first-order valence-corrected chi connectivity index (χ1v) is 7.35. The fourth-order valence-corrected chi connectivity index (χ4v) is 2.86. The summed E-state index contributed by atoms with van der Waals surface area (Å²) < 4.78 is 5.03. The number of carbonyl (C=O) groups excluding carboxylic acids is 2. The second-order valence-corrected chi connectivity index (χ2v) is 5.47. The molecule has 0 spiro atoms. The molecule has 0 saturated carbocycles. The minimum atomic E-state index is -0.409. The number of rotatable bonds is 5. The van der Waals surface area contributed by atoms with Gasteiger partial charge in [0.1, 0.15) is 0 Å². The zero-order valence-electron chi connectivity index (χ0n) is 12.5. The Labute approximate surface area is 124 Å². The van der Waals surface area contributed by atoms with E-state index in [9.17, 15) is 14.7 Å². The third-order valence-corrected chi connectivity index (χ3v) is 4.12. The molecule has 0 aromatic rings. The van der Waals surface area contributed by atoms with Gasteiger partial charge in [-0.1, -0.05) is 6.92 Å². The summed E-state index contributed by atoms with van der Waals surface area (Å²) in [5, 5.41) is 14.8. The number of aliphatic hydroxyl groups excluding tert-OH is 1. The average molecular weight is 297 g/mol. The topological polar surface area (TPSA) is 90.9 Å². The van der Waals surface area contributed by atoms with Crippen molar-refractivity contribution in [3.8, 4) is 0 Å². The first-order valence-electron chi connectivity index (χ1n) is 7.35. The molecule has 0 radical (unpaired) electrons. The van der Waals surface area contributed by atoms with E-state index in [0.29, 0.717) is 30.3 Å². The van der Waals surface area contributed by atoms with Crippen LogP contribution in [0.25, 0.3) is 0 Å². The van der Waals surface area contributed by atoms with Crippen molar-refractivity contribution in [2.24, 2.45) is 5.92 Å². The van der Waals surface area contributed by atoms with E-state index in [1.165, 1.54) is 0 Å². The quantitative estimate of drug-likeness (QED) is 0.612. The summed E-state index contributed by atoms with van der Waals surface area (Å²) >= 11 is 0. The van der Waals surface area contributed by atoms with E-state index >= 15 is 0 Å². The van der Waals surface area contributed by atoms with E-state index in [1.54, 1.807) is 6.92 Å². The van der Waals surface area contributed by atoms with Gasteiger partial charge < -0.3 is 20.5 Å². The molecule has 1 fully saturated rings. The molecule has 0 aromatic carbocycles. The third kappa shape index (κ3) is 3.54. The van der Waals surface area contributed by atoms with Crippen molar-refractivity contribution < 1.29 is 19.4 Å². The fraction of sp³-hybridized carbons (Fsp3) is 0.714. The molecule has 3 N–H and O–H groups in total. The Kier molecular flexibility index (Phi) is 5.19. The Morgan fingerprint density at radius 1 is 1.52 bits per heavy atom. The van der Waals surface area contributed by atoms with Gasteiger partial charge in [-0.15, -0.1) is 0 Å². The normalized spacial score (nSPS) is 26.5.